The Labute approximate surface area is 127 Å². The summed E-state index contributed by atoms with van der Waals surface area (Å²) in [6, 6.07) is 7.35. The zero-order valence-corrected chi connectivity index (χ0v) is 12.1. The summed E-state index contributed by atoms with van der Waals surface area (Å²) in [6.45, 7) is 0. The molecule has 0 aliphatic heterocycles. The zero-order valence-electron chi connectivity index (χ0n) is 12.1. The van der Waals surface area contributed by atoms with Crippen LogP contribution in [0.25, 0.3) is 10.8 Å². The summed E-state index contributed by atoms with van der Waals surface area (Å²) in [4.78, 5) is 22.7. The second-order valence-corrected chi connectivity index (χ2v) is 5.76. The van der Waals surface area contributed by atoms with Crippen molar-refractivity contribution in [3.8, 4) is 0 Å². The van der Waals surface area contributed by atoms with Crippen molar-refractivity contribution < 1.29 is 9.18 Å². The van der Waals surface area contributed by atoms with Crippen molar-refractivity contribution in [1.82, 2.24) is 10.2 Å². The molecule has 0 amide bonds. The second-order valence-electron chi connectivity index (χ2n) is 5.76. The third-order valence-electron chi connectivity index (χ3n) is 4.31. The summed E-state index contributed by atoms with van der Waals surface area (Å²) in [5.74, 6) is -0.709. The van der Waals surface area contributed by atoms with Crippen LogP contribution >= 0.6 is 0 Å². The van der Waals surface area contributed by atoms with E-state index in [0.717, 1.165) is 17.5 Å². The third-order valence-corrected chi connectivity index (χ3v) is 4.31. The number of nitrogens with one attached hydrogen (secondary N) is 1. The number of nitrogens with zero attached hydrogens (tertiary/aromatic N) is 1. The first-order valence-corrected chi connectivity index (χ1v) is 7.46. The lowest BCUT2D eigenvalue weighted by molar-refractivity contribution is -0.110. The third kappa shape index (κ3) is 2.84. The molecular formula is C17H17FN2O2. The first kappa shape index (κ1) is 14.6. The molecule has 1 heterocycles. The number of carbonyl (C=O) groups is 1. The largest absolute Gasteiger partial charge is 0.303 e. The molecule has 0 spiro atoms. The number of benzene rings is 1. The minimum absolute atomic E-state index is 0.202. The van der Waals surface area contributed by atoms with Crippen LogP contribution in [0.1, 0.15) is 25.0 Å². The van der Waals surface area contributed by atoms with Gasteiger partial charge in [-0.3, -0.25) is 4.79 Å². The van der Waals surface area contributed by atoms with E-state index in [4.69, 9.17) is 0 Å². The predicted molar refractivity (Wildman–Crippen MR) is 82.2 cm³/mol. The monoisotopic (exact) mass is 300 g/mol. The van der Waals surface area contributed by atoms with Gasteiger partial charge in [-0.1, -0.05) is 24.3 Å². The lowest BCUT2D eigenvalue weighted by atomic mass is 9.92. The number of allylic oxidation sites excluding steroid dienone is 2. The van der Waals surface area contributed by atoms with Crippen LogP contribution in [-0.4, -0.2) is 16.5 Å². The molecule has 0 saturated carbocycles. The lowest BCUT2D eigenvalue weighted by Gasteiger charge is -2.14. The summed E-state index contributed by atoms with van der Waals surface area (Å²) < 4.78 is 13.7. The fourth-order valence-corrected chi connectivity index (χ4v) is 3.02. The maximum Gasteiger partial charge on any atom is 0.272 e. The average Bonchev–Trinajstić information content (AvgIpc) is 2.72. The number of hydrogen-bond acceptors (Lipinski definition) is 3. The van der Waals surface area contributed by atoms with E-state index in [2.05, 4.69) is 10.2 Å². The van der Waals surface area contributed by atoms with Crippen molar-refractivity contribution in [2.45, 2.75) is 25.7 Å². The van der Waals surface area contributed by atoms with Gasteiger partial charge >= 0.3 is 0 Å². The highest BCUT2D eigenvalue weighted by Crippen LogP contribution is 2.29. The number of fused-ring (bicyclic) bond motifs is 1. The van der Waals surface area contributed by atoms with Gasteiger partial charge < -0.3 is 4.79 Å². The molecular weight excluding hydrogens is 283 g/mol. The van der Waals surface area contributed by atoms with Crippen LogP contribution in [0, 0.1) is 11.8 Å². The van der Waals surface area contributed by atoms with Crippen LogP contribution in [-0.2, 0) is 11.2 Å². The number of carbonyl (C=O) groups excluding carboxylic acids is 1. The molecule has 3 rings (SSSR count). The fraction of sp³-hybridized carbons (Fsp3) is 0.353. The number of aldehydes is 1. The summed E-state index contributed by atoms with van der Waals surface area (Å²) in [7, 11) is 0. The molecule has 2 aromatic rings. The van der Waals surface area contributed by atoms with E-state index in [-0.39, 0.29) is 17.3 Å². The van der Waals surface area contributed by atoms with Gasteiger partial charge in [0.05, 0.1) is 17.0 Å². The Bertz CT molecular complexity index is 782. The fourth-order valence-electron chi connectivity index (χ4n) is 3.02. The minimum atomic E-state index is -0.606. The molecule has 2 unspecified atom stereocenters. The molecule has 1 aromatic carbocycles. The molecule has 0 fully saturated rings. The summed E-state index contributed by atoms with van der Waals surface area (Å²) in [5, 5.41) is 8.15. The average molecular weight is 300 g/mol. The molecule has 114 valence electrons. The summed E-state index contributed by atoms with van der Waals surface area (Å²) in [5.41, 5.74) is 0.616. The summed E-state index contributed by atoms with van der Waals surface area (Å²) in [6.07, 6.45) is 4.74. The topological polar surface area (TPSA) is 62.8 Å². The smallest absolute Gasteiger partial charge is 0.272 e. The molecule has 0 saturated heterocycles. The quantitative estimate of drug-likeness (QED) is 0.886. The van der Waals surface area contributed by atoms with E-state index in [1.54, 1.807) is 6.07 Å². The second kappa shape index (κ2) is 6.22. The van der Waals surface area contributed by atoms with Crippen molar-refractivity contribution in [2.75, 3.05) is 0 Å². The van der Waals surface area contributed by atoms with Gasteiger partial charge in [-0.05, 0) is 37.7 Å². The summed E-state index contributed by atoms with van der Waals surface area (Å²) >= 11 is 0. The van der Waals surface area contributed by atoms with Gasteiger partial charge in [0.15, 0.2) is 0 Å². The van der Waals surface area contributed by atoms with Gasteiger partial charge in [0.2, 0.25) is 0 Å². The number of H-pyrrole nitrogens is 1. The van der Waals surface area contributed by atoms with Gasteiger partial charge in [-0.2, -0.15) is 5.10 Å². The normalized spacial score (nSPS) is 22.1. The SMILES string of the molecule is O=CC1CCC(Cc2n[nH]c(=O)c3ccccc23)CC=C1F. The van der Waals surface area contributed by atoms with Crippen LogP contribution in [0.4, 0.5) is 4.39 Å². The van der Waals surface area contributed by atoms with E-state index in [1.807, 2.05) is 18.2 Å². The number of rotatable bonds is 3. The van der Waals surface area contributed by atoms with Crippen molar-refractivity contribution in [2.24, 2.45) is 11.8 Å². The molecule has 1 N–H and O–H groups in total. The standard InChI is InChI=1S/C17H17FN2O2/c18-15-8-6-11(5-7-12(15)10-21)9-16-13-3-1-2-4-14(13)17(22)20-19-16/h1-4,8,10-12H,5-7,9H2,(H,20,22). The highest BCUT2D eigenvalue weighted by atomic mass is 19.1. The number of hydrogen-bond donors (Lipinski definition) is 1. The molecule has 4 nitrogen and oxygen atoms in total. The van der Waals surface area contributed by atoms with Crippen LogP contribution in [0.15, 0.2) is 41.0 Å². The molecule has 1 aliphatic carbocycles. The number of aromatic nitrogens is 2. The first-order chi connectivity index (χ1) is 10.7. The van der Waals surface area contributed by atoms with E-state index in [0.29, 0.717) is 30.9 Å². The Hall–Kier alpha value is -2.30. The Morgan fingerprint density at radius 2 is 2.05 bits per heavy atom. The minimum Gasteiger partial charge on any atom is -0.303 e. The van der Waals surface area contributed by atoms with Crippen LogP contribution in [0.5, 0.6) is 0 Å². The molecule has 22 heavy (non-hydrogen) atoms. The maximum atomic E-state index is 13.7. The van der Waals surface area contributed by atoms with Crippen molar-refractivity contribution in [3.63, 3.8) is 0 Å². The van der Waals surface area contributed by atoms with Crippen LogP contribution in [0.2, 0.25) is 0 Å². The van der Waals surface area contributed by atoms with E-state index < -0.39 is 5.92 Å². The van der Waals surface area contributed by atoms with E-state index in [1.165, 1.54) is 6.08 Å². The Kier molecular flexibility index (Phi) is 4.13. The van der Waals surface area contributed by atoms with Crippen molar-refractivity contribution in [1.29, 1.82) is 0 Å². The van der Waals surface area contributed by atoms with Crippen LogP contribution in [0.3, 0.4) is 0 Å². The van der Waals surface area contributed by atoms with Crippen LogP contribution < -0.4 is 5.56 Å². The predicted octanol–water partition coefficient (Wildman–Crippen LogP) is 2.93. The molecule has 5 heteroatoms. The highest BCUT2D eigenvalue weighted by Gasteiger charge is 2.22. The lowest BCUT2D eigenvalue weighted by Crippen LogP contribution is -2.14. The molecule has 2 atom stereocenters. The zero-order chi connectivity index (χ0) is 15.5. The number of halogens is 1. The van der Waals surface area contributed by atoms with Gasteiger partial charge in [0, 0.05) is 5.39 Å². The van der Waals surface area contributed by atoms with Crippen molar-refractivity contribution >= 4 is 17.1 Å². The van der Waals surface area contributed by atoms with E-state index >= 15 is 0 Å². The highest BCUT2D eigenvalue weighted by molar-refractivity contribution is 5.83. The first-order valence-electron chi connectivity index (χ1n) is 7.46. The van der Waals surface area contributed by atoms with Crippen molar-refractivity contribution in [3.05, 3.63) is 52.2 Å². The Morgan fingerprint density at radius 3 is 2.82 bits per heavy atom. The molecule has 1 aliphatic rings. The van der Waals surface area contributed by atoms with Gasteiger partial charge in [-0.25, -0.2) is 9.49 Å². The molecule has 1 aromatic heterocycles. The Morgan fingerprint density at radius 1 is 1.27 bits per heavy atom. The molecule has 0 radical (unpaired) electrons. The molecule has 0 bridgehead atoms. The van der Waals surface area contributed by atoms with E-state index in [9.17, 15) is 14.0 Å². The van der Waals surface area contributed by atoms with Gasteiger partial charge in [-0.15, -0.1) is 0 Å². The maximum absolute atomic E-state index is 13.7. The van der Waals surface area contributed by atoms with Gasteiger partial charge in [0.25, 0.3) is 5.56 Å². The van der Waals surface area contributed by atoms with Gasteiger partial charge in [0.1, 0.15) is 12.1 Å². The number of aromatic amines is 1. The Balaban J connectivity index is 1.87.